The Morgan fingerprint density at radius 1 is 0.265 bits per heavy atom. The minimum absolute atomic E-state index is 0.106. The number of carbonyl (C=O) groups excluding carboxylic acids is 4. The average molecular weight is 1490 g/mol. The maximum atomic E-state index is 13.1. The van der Waals surface area contributed by atoms with Gasteiger partial charge in [0.25, 0.3) is 0 Å². The molecule has 0 fully saturated rings. The summed E-state index contributed by atoms with van der Waals surface area (Å²) in [5.41, 5.74) is 0. The van der Waals surface area contributed by atoms with Crippen molar-refractivity contribution in [2.75, 3.05) is 39.6 Å². The first kappa shape index (κ1) is 100. The van der Waals surface area contributed by atoms with Crippen LogP contribution in [0.3, 0.4) is 0 Å². The molecule has 5 atom stereocenters. The van der Waals surface area contributed by atoms with Gasteiger partial charge in [0.1, 0.15) is 19.3 Å². The lowest BCUT2D eigenvalue weighted by Gasteiger charge is -2.21. The highest BCUT2D eigenvalue weighted by Gasteiger charge is 2.30. The van der Waals surface area contributed by atoms with Crippen molar-refractivity contribution >= 4 is 39.5 Å². The van der Waals surface area contributed by atoms with Gasteiger partial charge in [0.05, 0.1) is 26.4 Å². The molecule has 0 heterocycles. The Hall–Kier alpha value is -1.94. The molecule has 0 rings (SSSR count). The molecule has 0 aromatic carbocycles. The summed E-state index contributed by atoms with van der Waals surface area (Å²) in [5, 5.41) is 10.6. The van der Waals surface area contributed by atoms with Crippen LogP contribution in [0.25, 0.3) is 0 Å². The van der Waals surface area contributed by atoms with Crippen LogP contribution in [-0.2, 0) is 65.4 Å². The van der Waals surface area contributed by atoms with Gasteiger partial charge in [-0.1, -0.05) is 388 Å². The molecule has 0 aromatic heterocycles. The summed E-state index contributed by atoms with van der Waals surface area (Å²) < 4.78 is 68.8. The largest absolute Gasteiger partial charge is 0.472 e. The fourth-order valence-corrected chi connectivity index (χ4v) is 14.5. The van der Waals surface area contributed by atoms with Crippen LogP contribution in [0.5, 0.6) is 0 Å². The number of rotatable bonds is 82. The molecule has 606 valence electrons. The Morgan fingerprint density at radius 2 is 0.451 bits per heavy atom. The van der Waals surface area contributed by atoms with Crippen LogP contribution in [0.1, 0.15) is 440 Å². The number of aliphatic hydroxyl groups is 1. The third-order valence-corrected chi connectivity index (χ3v) is 21.4. The third-order valence-electron chi connectivity index (χ3n) is 19.5. The lowest BCUT2D eigenvalue weighted by Crippen LogP contribution is -2.30. The lowest BCUT2D eigenvalue weighted by atomic mass is 10.0. The average Bonchev–Trinajstić information content (AvgIpc) is 0.949. The van der Waals surface area contributed by atoms with E-state index in [0.717, 1.165) is 102 Å². The molecule has 0 saturated carbocycles. The summed E-state index contributed by atoms with van der Waals surface area (Å²) in [6, 6.07) is 0. The van der Waals surface area contributed by atoms with E-state index < -0.39 is 97.5 Å². The Balaban J connectivity index is 5.22. The highest BCUT2D eigenvalue weighted by atomic mass is 31.2. The minimum Gasteiger partial charge on any atom is -0.462 e. The highest BCUT2D eigenvalue weighted by Crippen LogP contribution is 2.45. The van der Waals surface area contributed by atoms with Gasteiger partial charge < -0.3 is 33.8 Å². The number of carbonyl (C=O) groups is 4. The fourth-order valence-electron chi connectivity index (χ4n) is 12.9. The second-order valence-corrected chi connectivity index (χ2v) is 33.7. The lowest BCUT2D eigenvalue weighted by molar-refractivity contribution is -0.161. The van der Waals surface area contributed by atoms with Gasteiger partial charge in [0.15, 0.2) is 12.2 Å². The standard InChI is InChI=1S/C83H162O17P2/c1-7-9-11-13-15-17-19-20-21-22-26-29-32-36-42-48-54-60-66-81(86)94-71-78(99-82(87)67-61-55-49-43-37-33-30-27-24-23-25-28-31-35-39-45-51-57-63-75(3)4)73-97-101(89,90)95-69-77(84)70-96-102(91,92)98-74-79(72-93-80(85)65-59-53-47-41-34-18-16-14-12-10-8-2)100-83(88)68-62-56-50-44-38-40-46-52-58-64-76(5)6/h75-79,84H,7-74H2,1-6H3,(H,89,90)(H,91,92)/t77-,78-,79-/m1/s1. The molecule has 0 aliphatic rings. The SMILES string of the molecule is CCCCCCCCCCCCCCCCCCCCC(=O)OC[C@H](COP(=O)(O)OC[C@@H](O)COP(=O)(O)OC[C@@H](COC(=O)CCCCCCCCCCCCC)OC(=O)CCCCCCCCCCCC(C)C)OC(=O)CCCCCCCCCCCCCCCCCCCCC(C)C. The molecule has 0 aromatic rings. The molecule has 0 bridgehead atoms. The van der Waals surface area contributed by atoms with E-state index in [1.807, 2.05) is 0 Å². The Labute approximate surface area is 626 Å². The number of unbranched alkanes of at least 4 members (excludes halogenated alkanes) is 52. The number of hydrogen-bond acceptors (Lipinski definition) is 15. The quantitative estimate of drug-likeness (QED) is 0.0222. The first-order chi connectivity index (χ1) is 49.4. The second kappa shape index (κ2) is 74.5. The molecule has 0 radical (unpaired) electrons. The van der Waals surface area contributed by atoms with E-state index in [1.54, 1.807) is 0 Å². The summed E-state index contributed by atoms with van der Waals surface area (Å²) in [6.07, 6.45) is 65.3. The zero-order chi connectivity index (χ0) is 74.9. The smallest absolute Gasteiger partial charge is 0.462 e. The van der Waals surface area contributed by atoms with Crippen LogP contribution in [-0.4, -0.2) is 96.7 Å². The first-order valence-electron chi connectivity index (χ1n) is 43.0. The van der Waals surface area contributed by atoms with Crippen molar-refractivity contribution in [3.8, 4) is 0 Å². The van der Waals surface area contributed by atoms with Crippen molar-refractivity contribution in [2.24, 2.45) is 11.8 Å². The molecular weight excluding hydrogens is 1330 g/mol. The molecule has 19 heteroatoms. The predicted molar refractivity (Wildman–Crippen MR) is 418 cm³/mol. The van der Waals surface area contributed by atoms with Crippen LogP contribution in [0.2, 0.25) is 0 Å². The summed E-state index contributed by atoms with van der Waals surface area (Å²) in [7, 11) is -9.92. The number of phosphoric acid groups is 2. The highest BCUT2D eigenvalue weighted by molar-refractivity contribution is 7.47. The van der Waals surface area contributed by atoms with Gasteiger partial charge in [-0.2, -0.15) is 0 Å². The zero-order valence-electron chi connectivity index (χ0n) is 66.9. The Morgan fingerprint density at radius 3 is 0.667 bits per heavy atom. The van der Waals surface area contributed by atoms with E-state index in [1.165, 1.54) is 257 Å². The maximum absolute atomic E-state index is 13.1. The minimum atomic E-state index is -4.96. The number of ether oxygens (including phenoxy) is 4. The van der Waals surface area contributed by atoms with Gasteiger partial charge in [-0.15, -0.1) is 0 Å². The molecule has 0 amide bonds. The van der Waals surface area contributed by atoms with E-state index in [-0.39, 0.29) is 25.7 Å². The molecular formula is C83H162O17P2. The Bertz CT molecular complexity index is 1960. The van der Waals surface area contributed by atoms with Crippen molar-refractivity contribution < 1.29 is 80.2 Å². The molecule has 0 saturated heterocycles. The number of phosphoric ester groups is 2. The number of aliphatic hydroxyl groups excluding tert-OH is 1. The number of esters is 4. The van der Waals surface area contributed by atoms with E-state index >= 15 is 0 Å². The van der Waals surface area contributed by atoms with Crippen LogP contribution in [0.15, 0.2) is 0 Å². The predicted octanol–water partition coefficient (Wildman–Crippen LogP) is 25.1. The van der Waals surface area contributed by atoms with E-state index in [9.17, 15) is 43.2 Å². The van der Waals surface area contributed by atoms with E-state index in [0.29, 0.717) is 25.7 Å². The van der Waals surface area contributed by atoms with E-state index in [2.05, 4.69) is 41.5 Å². The van der Waals surface area contributed by atoms with Crippen LogP contribution in [0.4, 0.5) is 0 Å². The van der Waals surface area contributed by atoms with Gasteiger partial charge in [-0.05, 0) is 37.5 Å². The van der Waals surface area contributed by atoms with Gasteiger partial charge in [-0.25, -0.2) is 9.13 Å². The molecule has 0 aliphatic carbocycles. The van der Waals surface area contributed by atoms with Gasteiger partial charge in [0, 0.05) is 25.7 Å². The van der Waals surface area contributed by atoms with Crippen molar-refractivity contribution in [3.05, 3.63) is 0 Å². The third kappa shape index (κ3) is 76.3. The van der Waals surface area contributed by atoms with Gasteiger partial charge >= 0.3 is 39.5 Å². The monoisotopic (exact) mass is 1490 g/mol. The van der Waals surface area contributed by atoms with E-state index in [4.69, 9.17) is 37.0 Å². The van der Waals surface area contributed by atoms with Gasteiger partial charge in [0.2, 0.25) is 0 Å². The molecule has 0 spiro atoms. The van der Waals surface area contributed by atoms with Crippen molar-refractivity contribution in [3.63, 3.8) is 0 Å². The van der Waals surface area contributed by atoms with Gasteiger partial charge in [-0.3, -0.25) is 37.3 Å². The Kier molecular flexibility index (Phi) is 73.1. The molecule has 17 nitrogen and oxygen atoms in total. The van der Waals surface area contributed by atoms with Crippen molar-refractivity contribution in [2.45, 2.75) is 458 Å². The molecule has 2 unspecified atom stereocenters. The van der Waals surface area contributed by atoms with Crippen LogP contribution < -0.4 is 0 Å². The van der Waals surface area contributed by atoms with Crippen LogP contribution >= 0.6 is 15.6 Å². The molecule has 0 aliphatic heterocycles. The maximum Gasteiger partial charge on any atom is 0.472 e. The zero-order valence-corrected chi connectivity index (χ0v) is 68.7. The second-order valence-electron chi connectivity index (χ2n) is 30.8. The normalized spacial score (nSPS) is 13.9. The number of hydrogen-bond donors (Lipinski definition) is 3. The topological polar surface area (TPSA) is 237 Å². The van der Waals surface area contributed by atoms with Crippen molar-refractivity contribution in [1.29, 1.82) is 0 Å². The van der Waals surface area contributed by atoms with Crippen LogP contribution in [0, 0.1) is 11.8 Å². The molecule has 3 N–H and O–H groups in total. The summed E-state index contributed by atoms with van der Waals surface area (Å²) in [6.45, 7) is 9.66. The fraction of sp³-hybridized carbons (Fsp3) is 0.952. The summed E-state index contributed by atoms with van der Waals surface area (Å²) in [4.78, 5) is 73.1. The molecule has 102 heavy (non-hydrogen) atoms. The summed E-state index contributed by atoms with van der Waals surface area (Å²) >= 11 is 0. The van der Waals surface area contributed by atoms with Crippen molar-refractivity contribution in [1.82, 2.24) is 0 Å². The summed E-state index contributed by atoms with van der Waals surface area (Å²) in [5.74, 6) is -0.549. The first-order valence-corrected chi connectivity index (χ1v) is 46.0.